The lowest BCUT2D eigenvalue weighted by molar-refractivity contribution is -0.149. The molecule has 0 saturated carbocycles. The summed E-state index contributed by atoms with van der Waals surface area (Å²) in [5.74, 6) is -0.544. The molecule has 23 heavy (non-hydrogen) atoms. The van der Waals surface area contributed by atoms with E-state index in [1.54, 1.807) is 6.07 Å². The summed E-state index contributed by atoms with van der Waals surface area (Å²) in [5, 5.41) is 5.17. The second-order valence-electron chi connectivity index (χ2n) is 6.07. The summed E-state index contributed by atoms with van der Waals surface area (Å²) >= 11 is 3.43. The van der Waals surface area contributed by atoms with Crippen molar-refractivity contribution in [2.75, 3.05) is 13.2 Å². The number of benzene rings is 2. The van der Waals surface area contributed by atoms with Crippen molar-refractivity contribution < 1.29 is 14.3 Å². The molecule has 1 aliphatic rings. The molecule has 5 heteroatoms. The molecule has 1 heterocycles. The SMILES string of the molecule is CC1(C(=O)OCC(=O)c2ccc3cc(Br)ccc3c2)CCCN1. The summed E-state index contributed by atoms with van der Waals surface area (Å²) in [5.41, 5.74) is -0.104. The van der Waals surface area contributed by atoms with Crippen LogP contribution in [0.5, 0.6) is 0 Å². The zero-order valence-electron chi connectivity index (χ0n) is 12.9. The predicted molar refractivity (Wildman–Crippen MR) is 92.6 cm³/mol. The Morgan fingerprint density at radius 1 is 1.22 bits per heavy atom. The molecule has 1 N–H and O–H groups in total. The van der Waals surface area contributed by atoms with Gasteiger partial charge in [0.05, 0.1) is 0 Å². The molecule has 1 saturated heterocycles. The molecule has 0 aromatic heterocycles. The molecule has 0 spiro atoms. The van der Waals surface area contributed by atoms with Gasteiger partial charge in [-0.2, -0.15) is 0 Å². The monoisotopic (exact) mass is 375 g/mol. The number of Topliss-reactive ketones (excluding diaryl/α,β-unsaturated/α-hetero) is 1. The molecule has 4 nitrogen and oxygen atoms in total. The first-order chi connectivity index (χ1) is 11.0. The summed E-state index contributed by atoms with van der Waals surface area (Å²) in [7, 11) is 0. The summed E-state index contributed by atoms with van der Waals surface area (Å²) in [4.78, 5) is 24.4. The summed E-state index contributed by atoms with van der Waals surface area (Å²) in [6, 6.07) is 11.4. The molecule has 2 aromatic rings. The first-order valence-corrected chi connectivity index (χ1v) is 8.42. The van der Waals surface area contributed by atoms with Gasteiger partial charge < -0.3 is 10.1 Å². The van der Waals surface area contributed by atoms with Gasteiger partial charge in [-0.15, -0.1) is 0 Å². The minimum atomic E-state index is -0.657. The lowest BCUT2D eigenvalue weighted by Gasteiger charge is -2.21. The van der Waals surface area contributed by atoms with Gasteiger partial charge in [0, 0.05) is 10.0 Å². The number of ketones is 1. The highest BCUT2D eigenvalue weighted by Crippen LogP contribution is 2.22. The average molecular weight is 376 g/mol. The third-order valence-electron chi connectivity index (χ3n) is 4.28. The van der Waals surface area contributed by atoms with Crippen molar-refractivity contribution in [3.63, 3.8) is 0 Å². The molecule has 1 fully saturated rings. The van der Waals surface area contributed by atoms with Gasteiger partial charge in [0.15, 0.2) is 12.4 Å². The second kappa shape index (κ2) is 6.42. The van der Waals surface area contributed by atoms with Crippen molar-refractivity contribution in [3.05, 3.63) is 46.4 Å². The van der Waals surface area contributed by atoms with Crippen molar-refractivity contribution in [2.24, 2.45) is 0 Å². The van der Waals surface area contributed by atoms with Crippen LogP contribution in [-0.4, -0.2) is 30.4 Å². The van der Waals surface area contributed by atoms with Crippen LogP contribution in [0.1, 0.15) is 30.1 Å². The van der Waals surface area contributed by atoms with E-state index in [0.717, 1.165) is 34.6 Å². The van der Waals surface area contributed by atoms with Crippen molar-refractivity contribution in [1.82, 2.24) is 5.32 Å². The molecule has 120 valence electrons. The van der Waals surface area contributed by atoms with E-state index < -0.39 is 5.54 Å². The molecule has 1 unspecified atom stereocenters. The van der Waals surface area contributed by atoms with Gasteiger partial charge in [0.25, 0.3) is 0 Å². The number of carbonyl (C=O) groups excluding carboxylic acids is 2. The van der Waals surface area contributed by atoms with Gasteiger partial charge in [-0.05, 0) is 55.3 Å². The van der Waals surface area contributed by atoms with E-state index >= 15 is 0 Å². The molecule has 2 aromatic carbocycles. The van der Waals surface area contributed by atoms with Crippen molar-refractivity contribution in [2.45, 2.75) is 25.3 Å². The third-order valence-corrected chi connectivity index (χ3v) is 4.77. The highest BCUT2D eigenvalue weighted by Gasteiger charge is 2.37. The Balaban J connectivity index is 1.68. The number of rotatable bonds is 4. The Hall–Kier alpha value is -1.72. The summed E-state index contributed by atoms with van der Waals surface area (Å²) < 4.78 is 6.21. The van der Waals surface area contributed by atoms with Crippen LogP contribution in [0, 0.1) is 0 Å². The maximum absolute atomic E-state index is 12.3. The normalized spacial score (nSPS) is 20.6. The van der Waals surface area contributed by atoms with Gasteiger partial charge in [-0.1, -0.05) is 34.1 Å². The maximum atomic E-state index is 12.3. The lowest BCUT2D eigenvalue weighted by Crippen LogP contribution is -2.46. The molecule has 0 radical (unpaired) electrons. The lowest BCUT2D eigenvalue weighted by atomic mass is 10.0. The number of nitrogens with one attached hydrogen (secondary N) is 1. The number of esters is 1. The van der Waals surface area contributed by atoms with E-state index in [0.29, 0.717) is 5.56 Å². The highest BCUT2D eigenvalue weighted by atomic mass is 79.9. The van der Waals surface area contributed by atoms with Crippen LogP contribution in [0.3, 0.4) is 0 Å². The van der Waals surface area contributed by atoms with E-state index in [2.05, 4.69) is 21.2 Å². The largest absolute Gasteiger partial charge is 0.456 e. The molecule has 3 rings (SSSR count). The predicted octanol–water partition coefficient (Wildman–Crippen LogP) is 3.47. The van der Waals surface area contributed by atoms with E-state index in [1.165, 1.54) is 0 Å². The van der Waals surface area contributed by atoms with Crippen LogP contribution < -0.4 is 5.32 Å². The van der Waals surface area contributed by atoms with Gasteiger partial charge in [-0.25, -0.2) is 0 Å². The molecule has 1 atom stereocenters. The fourth-order valence-corrected chi connectivity index (χ4v) is 3.21. The van der Waals surface area contributed by atoms with Crippen molar-refractivity contribution in [3.8, 4) is 0 Å². The molecule has 0 bridgehead atoms. The van der Waals surface area contributed by atoms with Crippen LogP contribution >= 0.6 is 15.9 Å². The molecular weight excluding hydrogens is 358 g/mol. The first-order valence-electron chi connectivity index (χ1n) is 7.63. The first kappa shape index (κ1) is 16.1. The smallest absolute Gasteiger partial charge is 0.326 e. The number of carbonyl (C=O) groups is 2. The Morgan fingerprint density at radius 2 is 1.96 bits per heavy atom. The zero-order valence-corrected chi connectivity index (χ0v) is 14.5. The number of fused-ring (bicyclic) bond motifs is 1. The minimum absolute atomic E-state index is 0.190. The molecular formula is C18H18BrNO3. The van der Waals surface area contributed by atoms with E-state index in [-0.39, 0.29) is 18.4 Å². The quantitative estimate of drug-likeness (QED) is 0.656. The Bertz CT molecular complexity index is 766. The number of hydrogen-bond donors (Lipinski definition) is 1. The summed E-state index contributed by atoms with van der Waals surface area (Å²) in [6.45, 7) is 2.40. The van der Waals surface area contributed by atoms with Gasteiger partial charge in [0.2, 0.25) is 0 Å². The van der Waals surface area contributed by atoms with Crippen LogP contribution in [0.25, 0.3) is 10.8 Å². The van der Waals surface area contributed by atoms with Gasteiger partial charge in [-0.3, -0.25) is 9.59 Å². The molecule has 1 aliphatic heterocycles. The third kappa shape index (κ3) is 3.46. The average Bonchev–Trinajstić information content (AvgIpc) is 2.99. The van der Waals surface area contributed by atoms with Crippen LogP contribution in [0.2, 0.25) is 0 Å². The van der Waals surface area contributed by atoms with E-state index in [1.807, 2.05) is 37.3 Å². The fourth-order valence-electron chi connectivity index (χ4n) is 2.83. The summed E-state index contributed by atoms with van der Waals surface area (Å²) in [6.07, 6.45) is 1.69. The van der Waals surface area contributed by atoms with Crippen molar-refractivity contribution >= 4 is 38.5 Å². The van der Waals surface area contributed by atoms with Crippen LogP contribution in [-0.2, 0) is 9.53 Å². The van der Waals surface area contributed by atoms with E-state index in [4.69, 9.17) is 4.74 Å². The topological polar surface area (TPSA) is 55.4 Å². The Kier molecular flexibility index (Phi) is 4.50. The number of halogens is 1. The van der Waals surface area contributed by atoms with Gasteiger partial charge >= 0.3 is 5.97 Å². The van der Waals surface area contributed by atoms with Gasteiger partial charge in [0.1, 0.15) is 5.54 Å². The zero-order chi connectivity index (χ0) is 16.4. The Morgan fingerprint density at radius 3 is 2.70 bits per heavy atom. The van der Waals surface area contributed by atoms with Crippen LogP contribution in [0.15, 0.2) is 40.9 Å². The highest BCUT2D eigenvalue weighted by molar-refractivity contribution is 9.10. The van der Waals surface area contributed by atoms with Crippen molar-refractivity contribution in [1.29, 1.82) is 0 Å². The standard InChI is InChI=1S/C18H18BrNO3/c1-18(7-2-8-20-18)17(22)23-11-16(21)14-4-3-13-10-15(19)6-5-12(13)9-14/h3-6,9-10,20H,2,7-8,11H2,1H3. The maximum Gasteiger partial charge on any atom is 0.326 e. The number of hydrogen-bond acceptors (Lipinski definition) is 4. The van der Waals surface area contributed by atoms with Crippen LogP contribution in [0.4, 0.5) is 0 Å². The molecule has 0 aliphatic carbocycles. The number of ether oxygens (including phenoxy) is 1. The van der Waals surface area contributed by atoms with E-state index in [9.17, 15) is 9.59 Å². The Labute approximate surface area is 143 Å². The second-order valence-corrected chi connectivity index (χ2v) is 6.98. The fraction of sp³-hybridized carbons (Fsp3) is 0.333. The minimum Gasteiger partial charge on any atom is -0.456 e. The molecule has 0 amide bonds.